The molecule has 0 unspecified atom stereocenters. The first-order valence-corrected chi connectivity index (χ1v) is 11.2. The molecule has 0 aliphatic rings. The largest absolute Gasteiger partial charge is 0.494 e. The van der Waals surface area contributed by atoms with Crippen LogP contribution in [0.4, 0.5) is 0 Å². The molecule has 0 N–H and O–H groups in total. The summed E-state index contributed by atoms with van der Waals surface area (Å²) in [5.41, 5.74) is 2.49. The Hall–Kier alpha value is -2.57. The van der Waals surface area contributed by atoms with Crippen LogP contribution in [0.25, 0.3) is 22.6 Å². The van der Waals surface area contributed by atoms with Crippen LogP contribution in [-0.2, 0) is 0 Å². The highest BCUT2D eigenvalue weighted by molar-refractivity contribution is 5.77. The zero-order chi connectivity index (χ0) is 22.1. The van der Waals surface area contributed by atoms with Crippen molar-refractivity contribution in [3.63, 3.8) is 0 Å². The van der Waals surface area contributed by atoms with E-state index in [2.05, 4.69) is 42.7 Å². The van der Waals surface area contributed by atoms with Crippen LogP contribution in [0.15, 0.2) is 46.9 Å². The number of aromatic nitrogens is 1. The highest BCUT2D eigenvalue weighted by atomic mass is 16.5. The van der Waals surface area contributed by atoms with Crippen LogP contribution in [0.3, 0.4) is 0 Å². The number of nitrogens with zero attached hydrogens (tertiary/aromatic N) is 3. The Bertz CT molecular complexity index is 923. The SMILES string of the molecule is CCN(C)CCCOc1ccc(-c2nc3ccc(OCCCN(C)CC)cc3o2)cc1. The summed E-state index contributed by atoms with van der Waals surface area (Å²) in [5.74, 6) is 2.28. The van der Waals surface area contributed by atoms with Gasteiger partial charge >= 0.3 is 0 Å². The van der Waals surface area contributed by atoms with Gasteiger partial charge in [-0.25, -0.2) is 4.98 Å². The van der Waals surface area contributed by atoms with Gasteiger partial charge in [-0.2, -0.15) is 0 Å². The van der Waals surface area contributed by atoms with Crippen molar-refractivity contribution in [3.05, 3.63) is 42.5 Å². The van der Waals surface area contributed by atoms with Gasteiger partial charge in [0.05, 0.1) is 13.2 Å². The average molecular weight is 426 g/mol. The summed E-state index contributed by atoms with van der Waals surface area (Å²) < 4.78 is 17.7. The lowest BCUT2D eigenvalue weighted by atomic mass is 10.2. The molecule has 0 bridgehead atoms. The van der Waals surface area contributed by atoms with E-state index in [-0.39, 0.29) is 0 Å². The Morgan fingerprint density at radius 3 is 2.00 bits per heavy atom. The molecule has 1 aromatic heterocycles. The monoisotopic (exact) mass is 425 g/mol. The zero-order valence-electron chi connectivity index (χ0n) is 19.3. The lowest BCUT2D eigenvalue weighted by Crippen LogP contribution is -2.20. The summed E-state index contributed by atoms with van der Waals surface area (Å²) in [5, 5.41) is 0. The number of hydrogen-bond donors (Lipinski definition) is 0. The summed E-state index contributed by atoms with van der Waals surface area (Å²) in [7, 11) is 4.24. The van der Waals surface area contributed by atoms with E-state index in [0.717, 1.165) is 67.2 Å². The Labute approximate surface area is 185 Å². The molecule has 0 aliphatic carbocycles. The molecule has 0 aliphatic heterocycles. The first kappa shape index (κ1) is 23.1. The van der Waals surface area contributed by atoms with Gasteiger partial charge in [0, 0.05) is 24.7 Å². The van der Waals surface area contributed by atoms with E-state index >= 15 is 0 Å². The molecular weight excluding hydrogens is 390 g/mol. The van der Waals surface area contributed by atoms with E-state index in [4.69, 9.17) is 13.9 Å². The predicted molar refractivity (Wildman–Crippen MR) is 126 cm³/mol. The summed E-state index contributed by atoms with van der Waals surface area (Å²) >= 11 is 0. The van der Waals surface area contributed by atoms with Crippen LogP contribution in [0.5, 0.6) is 11.5 Å². The summed E-state index contributed by atoms with van der Waals surface area (Å²) in [6.07, 6.45) is 2.00. The van der Waals surface area contributed by atoms with Gasteiger partial charge in [-0.15, -0.1) is 0 Å². The van der Waals surface area contributed by atoms with Gasteiger partial charge < -0.3 is 23.7 Å². The maximum atomic E-state index is 5.99. The average Bonchev–Trinajstić information content (AvgIpc) is 3.23. The van der Waals surface area contributed by atoms with Gasteiger partial charge in [-0.1, -0.05) is 13.8 Å². The molecule has 31 heavy (non-hydrogen) atoms. The first-order valence-electron chi connectivity index (χ1n) is 11.2. The normalized spacial score (nSPS) is 11.5. The minimum absolute atomic E-state index is 0.604. The van der Waals surface area contributed by atoms with Gasteiger partial charge in [-0.05, 0) is 76.4 Å². The van der Waals surface area contributed by atoms with Crippen LogP contribution in [-0.4, -0.2) is 68.3 Å². The summed E-state index contributed by atoms with van der Waals surface area (Å²) in [4.78, 5) is 9.17. The Morgan fingerprint density at radius 2 is 1.39 bits per heavy atom. The molecule has 0 amide bonds. The molecule has 168 valence electrons. The van der Waals surface area contributed by atoms with Gasteiger partial charge in [0.1, 0.15) is 17.0 Å². The van der Waals surface area contributed by atoms with Gasteiger partial charge in [0.15, 0.2) is 5.58 Å². The molecular formula is C25H35N3O3. The Morgan fingerprint density at radius 1 is 0.806 bits per heavy atom. The van der Waals surface area contributed by atoms with Gasteiger partial charge in [-0.3, -0.25) is 0 Å². The van der Waals surface area contributed by atoms with Crippen LogP contribution in [0.2, 0.25) is 0 Å². The first-order chi connectivity index (χ1) is 15.1. The highest BCUT2D eigenvalue weighted by Gasteiger charge is 2.10. The Balaban J connectivity index is 1.55. The number of benzene rings is 2. The quantitative estimate of drug-likeness (QED) is 0.362. The zero-order valence-corrected chi connectivity index (χ0v) is 19.3. The predicted octanol–water partition coefficient (Wildman–Crippen LogP) is 4.94. The van der Waals surface area contributed by atoms with Crippen molar-refractivity contribution in [1.82, 2.24) is 14.8 Å². The summed E-state index contributed by atoms with van der Waals surface area (Å²) in [6, 6.07) is 13.7. The lowest BCUT2D eigenvalue weighted by molar-refractivity contribution is 0.268. The topological polar surface area (TPSA) is 51.0 Å². The number of hydrogen-bond acceptors (Lipinski definition) is 6. The van der Waals surface area contributed by atoms with Crippen LogP contribution >= 0.6 is 0 Å². The van der Waals surface area contributed by atoms with Crippen molar-refractivity contribution in [3.8, 4) is 23.0 Å². The van der Waals surface area contributed by atoms with E-state index < -0.39 is 0 Å². The van der Waals surface area contributed by atoms with Gasteiger partial charge in [0.25, 0.3) is 0 Å². The Kier molecular flexibility index (Phi) is 8.74. The van der Waals surface area contributed by atoms with Crippen LogP contribution in [0, 0.1) is 0 Å². The lowest BCUT2D eigenvalue weighted by Gasteiger charge is -2.13. The highest BCUT2D eigenvalue weighted by Crippen LogP contribution is 2.28. The molecule has 3 aromatic rings. The minimum atomic E-state index is 0.604. The number of rotatable bonds is 13. The number of oxazole rings is 1. The fourth-order valence-corrected chi connectivity index (χ4v) is 3.18. The maximum absolute atomic E-state index is 5.99. The molecule has 1 heterocycles. The van der Waals surface area contributed by atoms with Crippen molar-refractivity contribution in [2.45, 2.75) is 26.7 Å². The third-order valence-corrected chi connectivity index (χ3v) is 5.45. The van der Waals surface area contributed by atoms with Crippen LogP contribution in [0.1, 0.15) is 26.7 Å². The molecule has 0 radical (unpaired) electrons. The minimum Gasteiger partial charge on any atom is -0.494 e. The fourth-order valence-electron chi connectivity index (χ4n) is 3.18. The third-order valence-electron chi connectivity index (χ3n) is 5.45. The molecule has 0 saturated heterocycles. The molecule has 0 atom stereocenters. The van der Waals surface area contributed by atoms with E-state index in [1.54, 1.807) is 0 Å². The fraction of sp³-hybridized carbons (Fsp3) is 0.480. The van der Waals surface area contributed by atoms with Crippen molar-refractivity contribution in [2.24, 2.45) is 0 Å². The molecule has 0 fully saturated rings. The van der Waals surface area contributed by atoms with E-state index in [0.29, 0.717) is 19.1 Å². The van der Waals surface area contributed by atoms with E-state index in [1.165, 1.54) is 0 Å². The molecule has 0 saturated carbocycles. The third kappa shape index (κ3) is 6.97. The van der Waals surface area contributed by atoms with Crippen molar-refractivity contribution in [2.75, 3.05) is 53.5 Å². The molecule has 0 spiro atoms. The molecule has 2 aromatic carbocycles. The van der Waals surface area contributed by atoms with Crippen molar-refractivity contribution < 1.29 is 13.9 Å². The second-order valence-electron chi connectivity index (χ2n) is 7.87. The van der Waals surface area contributed by atoms with Crippen molar-refractivity contribution >= 4 is 11.1 Å². The smallest absolute Gasteiger partial charge is 0.227 e. The summed E-state index contributed by atoms with van der Waals surface area (Å²) in [6.45, 7) is 9.90. The van der Waals surface area contributed by atoms with Gasteiger partial charge in [0.2, 0.25) is 5.89 Å². The van der Waals surface area contributed by atoms with Crippen molar-refractivity contribution in [1.29, 1.82) is 0 Å². The standard InChI is InChI=1S/C25H35N3O3/c1-5-27(3)15-7-17-29-21-11-9-20(10-12-21)25-26-23-14-13-22(19-24(23)31-25)30-18-8-16-28(4)6-2/h9-14,19H,5-8,15-18H2,1-4H3. The van der Waals surface area contributed by atoms with E-state index in [1.807, 2.05) is 42.5 Å². The molecule has 6 nitrogen and oxygen atoms in total. The second kappa shape index (κ2) is 11.7. The maximum Gasteiger partial charge on any atom is 0.227 e. The molecule has 6 heteroatoms. The van der Waals surface area contributed by atoms with Crippen LogP contribution < -0.4 is 9.47 Å². The molecule has 3 rings (SSSR count). The van der Waals surface area contributed by atoms with E-state index in [9.17, 15) is 0 Å². The number of ether oxygens (including phenoxy) is 2. The second-order valence-corrected chi connectivity index (χ2v) is 7.87. The number of fused-ring (bicyclic) bond motifs is 1.